The molecule has 4 heteroatoms. The number of nitrogens with one attached hydrogen (secondary N) is 3. The molecule has 14 heavy (non-hydrogen) atoms. The van der Waals surface area contributed by atoms with Crippen LogP contribution in [0.5, 0.6) is 0 Å². The van der Waals surface area contributed by atoms with Crippen molar-refractivity contribution >= 4 is 5.96 Å². The summed E-state index contributed by atoms with van der Waals surface area (Å²) in [6.45, 7) is 5.38. The topological polar surface area (TPSA) is 48.4 Å². The fraction of sp³-hybridized carbons (Fsp3) is 0.900. The van der Waals surface area contributed by atoms with Crippen molar-refractivity contribution in [2.45, 2.75) is 19.3 Å². The molecule has 0 bridgehead atoms. The number of hydrogen-bond donors (Lipinski definition) is 3. The molecule has 0 spiro atoms. The van der Waals surface area contributed by atoms with Crippen LogP contribution in [0.4, 0.5) is 0 Å². The molecule has 1 fully saturated rings. The molecule has 0 unspecified atom stereocenters. The summed E-state index contributed by atoms with van der Waals surface area (Å²) in [5, 5.41) is 9.96. The van der Waals surface area contributed by atoms with Crippen LogP contribution in [0.25, 0.3) is 0 Å². The van der Waals surface area contributed by atoms with Crippen LogP contribution in [0.15, 0.2) is 4.99 Å². The van der Waals surface area contributed by atoms with Crippen molar-refractivity contribution in [2.75, 3.05) is 32.7 Å². The molecule has 0 saturated carbocycles. The first kappa shape index (κ1) is 9.77. The van der Waals surface area contributed by atoms with E-state index < -0.39 is 0 Å². The molecule has 1 saturated heterocycles. The summed E-state index contributed by atoms with van der Waals surface area (Å²) >= 11 is 0. The van der Waals surface area contributed by atoms with Crippen molar-refractivity contribution < 1.29 is 0 Å². The molecule has 0 aliphatic carbocycles. The predicted molar refractivity (Wildman–Crippen MR) is 58.5 cm³/mol. The van der Waals surface area contributed by atoms with Crippen LogP contribution in [0.1, 0.15) is 19.3 Å². The first-order chi connectivity index (χ1) is 6.95. The van der Waals surface area contributed by atoms with Crippen molar-refractivity contribution in [3.63, 3.8) is 0 Å². The van der Waals surface area contributed by atoms with E-state index in [1.807, 2.05) is 0 Å². The standard InChI is InChI=1S/C10H20N4/c1-4-11-5-2-9(1)3-6-12-10-13-7-8-14-10/h9,11H,1-8H2,(H2,12,13,14). The Bertz CT molecular complexity index is 196. The fourth-order valence-corrected chi connectivity index (χ4v) is 2.08. The number of piperidine rings is 1. The summed E-state index contributed by atoms with van der Waals surface area (Å²) in [7, 11) is 0. The van der Waals surface area contributed by atoms with Gasteiger partial charge in [0.15, 0.2) is 5.96 Å². The largest absolute Gasteiger partial charge is 0.356 e. The number of nitrogens with zero attached hydrogens (tertiary/aromatic N) is 1. The fourth-order valence-electron chi connectivity index (χ4n) is 2.08. The smallest absolute Gasteiger partial charge is 0.191 e. The van der Waals surface area contributed by atoms with E-state index >= 15 is 0 Å². The van der Waals surface area contributed by atoms with E-state index in [1.165, 1.54) is 32.4 Å². The Morgan fingerprint density at radius 2 is 2.14 bits per heavy atom. The SMILES string of the molecule is C1CNC(NCCC2CCNCC2)=N1. The molecule has 0 amide bonds. The Morgan fingerprint density at radius 1 is 1.29 bits per heavy atom. The summed E-state index contributed by atoms with van der Waals surface area (Å²) in [5.41, 5.74) is 0. The van der Waals surface area contributed by atoms with Gasteiger partial charge in [-0.1, -0.05) is 0 Å². The quantitative estimate of drug-likeness (QED) is 0.592. The van der Waals surface area contributed by atoms with E-state index in [0.29, 0.717) is 0 Å². The van der Waals surface area contributed by atoms with Crippen LogP contribution >= 0.6 is 0 Å². The molecule has 3 N–H and O–H groups in total. The Balaban J connectivity index is 1.57. The van der Waals surface area contributed by atoms with E-state index in [4.69, 9.17) is 0 Å². The number of rotatable bonds is 3. The number of aliphatic imine (C=N–C) groups is 1. The van der Waals surface area contributed by atoms with Gasteiger partial charge in [0.25, 0.3) is 0 Å². The van der Waals surface area contributed by atoms with Crippen LogP contribution in [-0.4, -0.2) is 38.7 Å². The average molecular weight is 196 g/mol. The lowest BCUT2D eigenvalue weighted by atomic mass is 9.95. The lowest BCUT2D eigenvalue weighted by Gasteiger charge is -2.22. The van der Waals surface area contributed by atoms with Crippen molar-refractivity contribution in [2.24, 2.45) is 10.9 Å². The van der Waals surface area contributed by atoms with E-state index in [1.54, 1.807) is 0 Å². The van der Waals surface area contributed by atoms with Gasteiger partial charge in [-0.25, -0.2) is 0 Å². The first-order valence-corrected chi connectivity index (χ1v) is 5.68. The second kappa shape index (κ2) is 5.20. The van der Waals surface area contributed by atoms with Crippen molar-refractivity contribution in [1.29, 1.82) is 0 Å². The summed E-state index contributed by atoms with van der Waals surface area (Å²) in [6.07, 6.45) is 3.95. The zero-order valence-electron chi connectivity index (χ0n) is 8.68. The monoisotopic (exact) mass is 196 g/mol. The highest BCUT2D eigenvalue weighted by Crippen LogP contribution is 2.14. The van der Waals surface area contributed by atoms with Crippen molar-refractivity contribution in [3.8, 4) is 0 Å². The molecule has 0 aromatic rings. The normalized spacial score (nSPS) is 23.0. The zero-order valence-corrected chi connectivity index (χ0v) is 8.68. The minimum atomic E-state index is 0.908. The molecule has 0 radical (unpaired) electrons. The van der Waals surface area contributed by atoms with Gasteiger partial charge < -0.3 is 16.0 Å². The molecular formula is C10H20N4. The minimum absolute atomic E-state index is 0.908. The highest BCUT2D eigenvalue weighted by molar-refractivity contribution is 5.81. The van der Waals surface area contributed by atoms with E-state index in [-0.39, 0.29) is 0 Å². The lowest BCUT2D eigenvalue weighted by Crippen LogP contribution is -2.36. The van der Waals surface area contributed by atoms with Gasteiger partial charge in [-0.05, 0) is 38.3 Å². The third-order valence-electron chi connectivity index (χ3n) is 2.98. The third-order valence-corrected chi connectivity index (χ3v) is 2.98. The maximum atomic E-state index is 4.30. The predicted octanol–water partition coefficient (Wildman–Crippen LogP) is -0.0751. The van der Waals surface area contributed by atoms with E-state index in [2.05, 4.69) is 20.9 Å². The third kappa shape index (κ3) is 2.87. The van der Waals surface area contributed by atoms with Gasteiger partial charge in [-0.15, -0.1) is 0 Å². The first-order valence-electron chi connectivity index (χ1n) is 5.68. The highest BCUT2D eigenvalue weighted by Gasteiger charge is 2.12. The molecule has 4 nitrogen and oxygen atoms in total. The summed E-state index contributed by atoms with van der Waals surface area (Å²) < 4.78 is 0. The zero-order chi connectivity index (χ0) is 9.64. The average Bonchev–Trinajstić information content (AvgIpc) is 2.72. The molecule has 0 atom stereocenters. The number of hydrogen-bond acceptors (Lipinski definition) is 4. The lowest BCUT2D eigenvalue weighted by molar-refractivity contribution is 0.354. The molecular weight excluding hydrogens is 176 g/mol. The van der Waals surface area contributed by atoms with Gasteiger partial charge in [-0.2, -0.15) is 0 Å². The van der Waals surface area contributed by atoms with E-state index in [9.17, 15) is 0 Å². The molecule has 2 heterocycles. The number of guanidine groups is 1. The minimum Gasteiger partial charge on any atom is -0.356 e. The Kier molecular flexibility index (Phi) is 3.63. The summed E-state index contributed by atoms with van der Waals surface area (Å²) in [4.78, 5) is 4.30. The molecule has 2 rings (SSSR count). The van der Waals surface area contributed by atoms with Gasteiger partial charge in [0.1, 0.15) is 0 Å². The van der Waals surface area contributed by atoms with Gasteiger partial charge in [0, 0.05) is 13.1 Å². The Morgan fingerprint density at radius 3 is 2.86 bits per heavy atom. The molecule has 2 aliphatic heterocycles. The van der Waals surface area contributed by atoms with Gasteiger partial charge in [-0.3, -0.25) is 4.99 Å². The van der Waals surface area contributed by atoms with Crippen LogP contribution in [0.2, 0.25) is 0 Å². The molecule has 2 aliphatic rings. The van der Waals surface area contributed by atoms with Crippen LogP contribution < -0.4 is 16.0 Å². The Hall–Kier alpha value is -0.770. The van der Waals surface area contributed by atoms with Crippen LogP contribution in [0, 0.1) is 5.92 Å². The highest BCUT2D eigenvalue weighted by atomic mass is 15.2. The maximum absolute atomic E-state index is 4.30. The van der Waals surface area contributed by atoms with Gasteiger partial charge in [0.2, 0.25) is 0 Å². The van der Waals surface area contributed by atoms with Gasteiger partial charge in [0.05, 0.1) is 6.54 Å². The molecule has 0 aromatic carbocycles. The summed E-state index contributed by atoms with van der Waals surface area (Å²) in [6, 6.07) is 0. The van der Waals surface area contributed by atoms with Crippen molar-refractivity contribution in [3.05, 3.63) is 0 Å². The molecule has 80 valence electrons. The van der Waals surface area contributed by atoms with Gasteiger partial charge >= 0.3 is 0 Å². The van der Waals surface area contributed by atoms with Crippen molar-refractivity contribution in [1.82, 2.24) is 16.0 Å². The van der Waals surface area contributed by atoms with Crippen LogP contribution in [-0.2, 0) is 0 Å². The van der Waals surface area contributed by atoms with Crippen LogP contribution in [0.3, 0.4) is 0 Å². The maximum Gasteiger partial charge on any atom is 0.191 e. The Labute approximate surface area is 85.6 Å². The summed E-state index contributed by atoms with van der Waals surface area (Å²) in [5.74, 6) is 1.91. The second-order valence-corrected chi connectivity index (χ2v) is 4.07. The second-order valence-electron chi connectivity index (χ2n) is 4.07. The van der Waals surface area contributed by atoms with E-state index in [0.717, 1.165) is 31.5 Å². The molecule has 0 aromatic heterocycles.